The van der Waals surface area contributed by atoms with E-state index in [0.717, 1.165) is 13.1 Å². The number of morpholine rings is 1. The van der Waals surface area contributed by atoms with Crippen molar-refractivity contribution in [1.29, 1.82) is 0 Å². The van der Waals surface area contributed by atoms with E-state index < -0.39 is 10.0 Å². The molecule has 2 saturated heterocycles. The maximum atomic E-state index is 12.2. The third-order valence-electron chi connectivity index (χ3n) is 4.13. The number of ether oxygens (including phenoxy) is 1. The van der Waals surface area contributed by atoms with Crippen molar-refractivity contribution in [3.63, 3.8) is 0 Å². The Morgan fingerprint density at radius 2 is 2.43 bits per heavy atom. The van der Waals surface area contributed by atoms with Crippen LogP contribution in [0.5, 0.6) is 0 Å². The summed E-state index contributed by atoms with van der Waals surface area (Å²) in [5.74, 6) is 0. The van der Waals surface area contributed by atoms with Crippen LogP contribution in [0.3, 0.4) is 0 Å². The molecule has 0 aliphatic carbocycles. The van der Waals surface area contributed by atoms with Gasteiger partial charge in [-0.05, 0) is 19.4 Å². The van der Waals surface area contributed by atoms with Crippen LogP contribution in [-0.4, -0.2) is 61.9 Å². The Morgan fingerprint density at radius 1 is 1.57 bits per heavy atom. The van der Waals surface area contributed by atoms with Crippen LogP contribution in [-0.2, 0) is 21.3 Å². The molecule has 9 heteroatoms. The minimum Gasteiger partial charge on any atom is -0.374 e. The summed E-state index contributed by atoms with van der Waals surface area (Å²) in [6, 6.07) is 0.509. The number of rotatable bonds is 5. The first-order valence-electron chi connectivity index (χ1n) is 7.18. The van der Waals surface area contributed by atoms with Gasteiger partial charge in [0.1, 0.15) is 0 Å². The zero-order chi connectivity index (χ0) is 14.9. The van der Waals surface area contributed by atoms with Crippen molar-refractivity contribution < 1.29 is 13.2 Å². The molecule has 2 unspecified atom stereocenters. The molecule has 8 nitrogen and oxygen atoms in total. The highest BCUT2D eigenvalue weighted by atomic mass is 32.2. The van der Waals surface area contributed by atoms with Gasteiger partial charge < -0.3 is 10.5 Å². The van der Waals surface area contributed by atoms with E-state index >= 15 is 0 Å². The molecular formula is C12H21N5O3S. The molecule has 2 aliphatic rings. The second-order valence-corrected chi connectivity index (χ2v) is 7.23. The minimum absolute atomic E-state index is 0.0415. The number of nitrogens with zero attached hydrogens (tertiary/aromatic N) is 2. The third-order valence-corrected chi connectivity index (χ3v) is 5.57. The van der Waals surface area contributed by atoms with Crippen molar-refractivity contribution in [3.8, 4) is 0 Å². The van der Waals surface area contributed by atoms with Gasteiger partial charge in [0.2, 0.25) is 0 Å². The summed E-state index contributed by atoms with van der Waals surface area (Å²) in [6.07, 6.45) is 3.69. The summed E-state index contributed by atoms with van der Waals surface area (Å²) in [5, 5.41) is 6.27. The molecular weight excluding hydrogens is 294 g/mol. The quantitative estimate of drug-likeness (QED) is 0.643. The Hall–Kier alpha value is -1.00. The number of H-pyrrole nitrogens is 1. The molecule has 4 N–H and O–H groups in total. The zero-order valence-electron chi connectivity index (χ0n) is 11.8. The molecule has 0 amide bonds. The molecule has 1 aromatic heterocycles. The number of hydrogen-bond donors (Lipinski definition) is 3. The highest BCUT2D eigenvalue weighted by Gasteiger charge is 2.33. The van der Waals surface area contributed by atoms with Gasteiger partial charge in [-0.1, -0.05) is 0 Å². The number of hydrogen-bond acceptors (Lipinski definition) is 6. The molecule has 0 aromatic carbocycles. The number of nitrogens with two attached hydrogens (primary N) is 1. The Balaban J connectivity index is 1.59. The molecule has 118 valence electrons. The summed E-state index contributed by atoms with van der Waals surface area (Å²) in [4.78, 5) is 2.38. The standard InChI is InChI=1S/C12H21N5O3S/c13-4-9-5-14-16-12(9)21(18,19)15-6-11-7-17-3-1-2-10(17)8-20-11/h5,10-11,15H,1-4,6-8,13H2,(H,14,16). The monoisotopic (exact) mass is 315 g/mol. The van der Waals surface area contributed by atoms with Crippen molar-refractivity contribution in [1.82, 2.24) is 19.8 Å². The topological polar surface area (TPSA) is 113 Å². The second-order valence-electron chi connectivity index (χ2n) is 5.53. The number of fused-ring (bicyclic) bond motifs is 1. The second kappa shape index (κ2) is 6.01. The molecule has 3 heterocycles. The Bertz CT molecular complexity index is 587. The zero-order valence-corrected chi connectivity index (χ0v) is 12.6. The summed E-state index contributed by atoms with van der Waals surface area (Å²) >= 11 is 0. The van der Waals surface area contributed by atoms with Crippen LogP contribution in [0.2, 0.25) is 0 Å². The number of aromatic amines is 1. The molecule has 2 aliphatic heterocycles. The van der Waals surface area contributed by atoms with Crippen molar-refractivity contribution in [2.75, 3.05) is 26.2 Å². The fourth-order valence-electron chi connectivity index (χ4n) is 2.96. The summed E-state index contributed by atoms with van der Waals surface area (Å²) in [6.45, 7) is 2.93. The van der Waals surface area contributed by atoms with Crippen molar-refractivity contribution in [3.05, 3.63) is 11.8 Å². The fraction of sp³-hybridized carbons (Fsp3) is 0.750. The molecule has 0 bridgehead atoms. The lowest BCUT2D eigenvalue weighted by atomic mass is 10.2. The Labute approximate surface area is 124 Å². The van der Waals surface area contributed by atoms with Crippen LogP contribution in [0.25, 0.3) is 0 Å². The van der Waals surface area contributed by atoms with E-state index in [0.29, 0.717) is 18.2 Å². The predicted molar refractivity (Wildman–Crippen MR) is 76.0 cm³/mol. The van der Waals surface area contributed by atoms with Crippen molar-refractivity contribution >= 4 is 10.0 Å². The summed E-state index contributed by atoms with van der Waals surface area (Å²) < 4.78 is 32.8. The van der Waals surface area contributed by atoms with E-state index in [1.165, 1.54) is 19.0 Å². The molecule has 2 atom stereocenters. The number of nitrogens with one attached hydrogen (secondary N) is 2. The maximum absolute atomic E-state index is 12.2. The summed E-state index contributed by atoms with van der Waals surface area (Å²) in [5.41, 5.74) is 5.98. The molecule has 21 heavy (non-hydrogen) atoms. The Morgan fingerprint density at radius 3 is 3.24 bits per heavy atom. The van der Waals surface area contributed by atoms with E-state index in [1.54, 1.807) is 0 Å². The highest BCUT2D eigenvalue weighted by Crippen LogP contribution is 2.22. The molecule has 2 fully saturated rings. The largest absolute Gasteiger partial charge is 0.374 e. The fourth-order valence-corrected chi connectivity index (χ4v) is 4.17. The van der Waals surface area contributed by atoms with Gasteiger partial charge in [-0.15, -0.1) is 0 Å². The molecule has 3 rings (SSSR count). The Kier molecular flexibility index (Phi) is 4.27. The van der Waals surface area contributed by atoms with Gasteiger partial charge in [0, 0.05) is 31.2 Å². The van der Waals surface area contributed by atoms with Crippen LogP contribution in [0.4, 0.5) is 0 Å². The van der Waals surface area contributed by atoms with Crippen LogP contribution < -0.4 is 10.5 Å². The van der Waals surface area contributed by atoms with Gasteiger partial charge in [-0.2, -0.15) is 5.10 Å². The predicted octanol–water partition coefficient (Wildman–Crippen LogP) is -0.990. The normalized spacial score (nSPS) is 26.9. The smallest absolute Gasteiger partial charge is 0.257 e. The molecule has 0 radical (unpaired) electrons. The van der Waals surface area contributed by atoms with Gasteiger partial charge in [0.15, 0.2) is 5.03 Å². The van der Waals surface area contributed by atoms with Gasteiger partial charge >= 0.3 is 0 Å². The van der Waals surface area contributed by atoms with E-state index in [2.05, 4.69) is 19.8 Å². The SMILES string of the molecule is NCc1cn[nH]c1S(=O)(=O)NCC1CN2CCCC2CO1. The lowest BCUT2D eigenvalue weighted by molar-refractivity contribution is -0.0449. The third kappa shape index (κ3) is 3.11. The van der Waals surface area contributed by atoms with Gasteiger partial charge in [0.25, 0.3) is 10.0 Å². The van der Waals surface area contributed by atoms with E-state index in [-0.39, 0.29) is 24.2 Å². The van der Waals surface area contributed by atoms with Crippen LogP contribution >= 0.6 is 0 Å². The first-order chi connectivity index (χ1) is 10.1. The van der Waals surface area contributed by atoms with E-state index in [4.69, 9.17) is 10.5 Å². The maximum Gasteiger partial charge on any atom is 0.257 e. The summed E-state index contributed by atoms with van der Waals surface area (Å²) in [7, 11) is -3.63. The highest BCUT2D eigenvalue weighted by molar-refractivity contribution is 7.89. The van der Waals surface area contributed by atoms with E-state index in [1.807, 2.05) is 0 Å². The molecule has 0 saturated carbocycles. The number of aromatic nitrogens is 2. The first kappa shape index (κ1) is 14.9. The lowest BCUT2D eigenvalue weighted by Gasteiger charge is -2.35. The van der Waals surface area contributed by atoms with Gasteiger partial charge in [0.05, 0.1) is 18.9 Å². The van der Waals surface area contributed by atoms with Crippen LogP contribution in [0, 0.1) is 0 Å². The van der Waals surface area contributed by atoms with Gasteiger partial charge in [-0.3, -0.25) is 10.00 Å². The first-order valence-corrected chi connectivity index (χ1v) is 8.66. The minimum atomic E-state index is -3.63. The lowest BCUT2D eigenvalue weighted by Crippen LogP contribution is -2.50. The van der Waals surface area contributed by atoms with E-state index in [9.17, 15) is 8.42 Å². The number of sulfonamides is 1. The van der Waals surface area contributed by atoms with Crippen LogP contribution in [0.15, 0.2) is 11.2 Å². The van der Waals surface area contributed by atoms with Gasteiger partial charge in [-0.25, -0.2) is 13.1 Å². The molecule has 0 spiro atoms. The molecule has 1 aromatic rings. The van der Waals surface area contributed by atoms with Crippen molar-refractivity contribution in [2.45, 2.75) is 36.6 Å². The average molecular weight is 315 g/mol. The van der Waals surface area contributed by atoms with Crippen LogP contribution in [0.1, 0.15) is 18.4 Å². The average Bonchev–Trinajstić information content (AvgIpc) is 3.13. The van der Waals surface area contributed by atoms with Crippen molar-refractivity contribution in [2.24, 2.45) is 5.73 Å².